The highest BCUT2D eigenvalue weighted by Crippen LogP contribution is 2.29. The van der Waals surface area contributed by atoms with Crippen molar-refractivity contribution < 1.29 is 9.47 Å². The predicted octanol–water partition coefficient (Wildman–Crippen LogP) is 1.34. The quantitative estimate of drug-likeness (QED) is 0.485. The van der Waals surface area contributed by atoms with Crippen molar-refractivity contribution in [2.24, 2.45) is 0 Å². The number of rotatable bonds is 9. The maximum atomic E-state index is 5.56. The lowest BCUT2D eigenvalue weighted by Gasteiger charge is -2.32. The molecule has 31 heavy (non-hydrogen) atoms. The summed E-state index contributed by atoms with van der Waals surface area (Å²) in [6.07, 6.45) is 3.19. The summed E-state index contributed by atoms with van der Waals surface area (Å²) in [7, 11) is 1.66. The van der Waals surface area contributed by atoms with Gasteiger partial charge in [0.1, 0.15) is 28.9 Å². The van der Waals surface area contributed by atoms with Gasteiger partial charge in [0, 0.05) is 45.6 Å². The van der Waals surface area contributed by atoms with Crippen molar-refractivity contribution in [2.75, 3.05) is 50.2 Å². The van der Waals surface area contributed by atoms with E-state index < -0.39 is 0 Å². The van der Waals surface area contributed by atoms with Crippen LogP contribution in [0.5, 0.6) is 0 Å². The fourth-order valence-corrected chi connectivity index (χ4v) is 3.65. The Bertz CT molecular complexity index is 995. The van der Waals surface area contributed by atoms with Gasteiger partial charge in [-0.25, -0.2) is 15.0 Å². The standard InChI is InChI=1S/C20H29N9O2/c1-4-31-10-9-29-18-17(15(27-29)12-30-3)25-20(28-8-7-22-14(2)11-28)26-19(18)24-16-5-6-21-13-23-16/h5-6,13-14,22H,4,7-12H2,1-3H3,(H,21,23,24,25,26)/t14-/m1/s1. The van der Waals surface area contributed by atoms with Crippen LogP contribution >= 0.6 is 0 Å². The Morgan fingerprint density at radius 2 is 2.23 bits per heavy atom. The Labute approximate surface area is 181 Å². The molecule has 4 heterocycles. The van der Waals surface area contributed by atoms with Gasteiger partial charge in [0.2, 0.25) is 5.95 Å². The summed E-state index contributed by atoms with van der Waals surface area (Å²) in [5.41, 5.74) is 2.34. The second-order valence-electron chi connectivity index (χ2n) is 7.39. The molecule has 1 fully saturated rings. The van der Waals surface area contributed by atoms with Crippen molar-refractivity contribution in [3.63, 3.8) is 0 Å². The molecule has 0 aromatic carbocycles. The first-order valence-electron chi connectivity index (χ1n) is 10.5. The molecule has 0 spiro atoms. The van der Waals surface area contributed by atoms with E-state index in [0.717, 1.165) is 36.4 Å². The molecule has 0 bridgehead atoms. The van der Waals surface area contributed by atoms with Crippen molar-refractivity contribution in [3.05, 3.63) is 24.3 Å². The highest BCUT2D eigenvalue weighted by molar-refractivity contribution is 5.90. The molecule has 11 nitrogen and oxygen atoms in total. The number of hydrogen-bond donors (Lipinski definition) is 2. The van der Waals surface area contributed by atoms with Crippen LogP contribution in [0.4, 0.5) is 17.6 Å². The first kappa shape index (κ1) is 21.3. The number of ether oxygens (including phenoxy) is 2. The molecule has 4 rings (SSSR count). The topological polar surface area (TPSA) is 115 Å². The van der Waals surface area contributed by atoms with Crippen molar-refractivity contribution in [1.82, 2.24) is 35.0 Å². The second kappa shape index (κ2) is 9.94. The smallest absolute Gasteiger partial charge is 0.228 e. The summed E-state index contributed by atoms with van der Waals surface area (Å²) in [4.78, 5) is 20.3. The Balaban J connectivity index is 1.81. The van der Waals surface area contributed by atoms with E-state index in [1.807, 2.05) is 11.6 Å². The fraction of sp³-hybridized carbons (Fsp3) is 0.550. The lowest BCUT2D eigenvalue weighted by atomic mass is 10.2. The monoisotopic (exact) mass is 427 g/mol. The van der Waals surface area contributed by atoms with E-state index in [1.165, 1.54) is 6.33 Å². The average Bonchev–Trinajstić information content (AvgIpc) is 3.13. The number of hydrogen-bond acceptors (Lipinski definition) is 10. The lowest BCUT2D eigenvalue weighted by molar-refractivity contribution is 0.136. The molecule has 0 saturated carbocycles. The van der Waals surface area contributed by atoms with E-state index in [2.05, 4.69) is 32.4 Å². The minimum atomic E-state index is 0.360. The largest absolute Gasteiger partial charge is 0.380 e. The molecule has 0 aliphatic carbocycles. The van der Waals surface area contributed by atoms with E-state index in [-0.39, 0.29) is 0 Å². The van der Waals surface area contributed by atoms with Gasteiger partial charge in [0.25, 0.3) is 0 Å². The summed E-state index contributed by atoms with van der Waals surface area (Å²) in [6.45, 7) is 8.82. The third-order valence-electron chi connectivity index (χ3n) is 5.06. The van der Waals surface area contributed by atoms with Gasteiger partial charge in [-0.15, -0.1) is 0 Å². The highest BCUT2D eigenvalue weighted by atomic mass is 16.5. The van der Waals surface area contributed by atoms with Crippen LogP contribution in [-0.4, -0.2) is 75.7 Å². The van der Waals surface area contributed by atoms with Gasteiger partial charge in [0.05, 0.1) is 19.8 Å². The summed E-state index contributed by atoms with van der Waals surface area (Å²) in [5.74, 6) is 1.97. The number of anilines is 3. The van der Waals surface area contributed by atoms with Crippen LogP contribution in [0.25, 0.3) is 11.0 Å². The molecular weight excluding hydrogens is 398 g/mol. The van der Waals surface area contributed by atoms with Crippen LogP contribution in [0.15, 0.2) is 18.6 Å². The van der Waals surface area contributed by atoms with Crippen LogP contribution in [0.1, 0.15) is 19.5 Å². The number of fused-ring (bicyclic) bond motifs is 1. The molecule has 11 heteroatoms. The number of piperazine rings is 1. The average molecular weight is 428 g/mol. The predicted molar refractivity (Wildman–Crippen MR) is 118 cm³/mol. The maximum Gasteiger partial charge on any atom is 0.228 e. The number of methoxy groups -OCH3 is 1. The zero-order valence-corrected chi connectivity index (χ0v) is 18.2. The molecule has 2 N–H and O–H groups in total. The van der Waals surface area contributed by atoms with Gasteiger partial charge >= 0.3 is 0 Å². The zero-order valence-electron chi connectivity index (χ0n) is 18.2. The molecule has 166 valence electrons. The Morgan fingerprint density at radius 1 is 1.32 bits per heavy atom. The van der Waals surface area contributed by atoms with E-state index in [4.69, 9.17) is 24.5 Å². The van der Waals surface area contributed by atoms with Crippen molar-refractivity contribution in [1.29, 1.82) is 0 Å². The van der Waals surface area contributed by atoms with Gasteiger partial charge in [-0.3, -0.25) is 4.68 Å². The molecule has 0 unspecified atom stereocenters. The molecule has 0 amide bonds. The minimum absolute atomic E-state index is 0.360. The zero-order chi connectivity index (χ0) is 21.6. The third kappa shape index (κ3) is 4.89. The van der Waals surface area contributed by atoms with Crippen LogP contribution in [-0.2, 0) is 22.6 Å². The summed E-state index contributed by atoms with van der Waals surface area (Å²) < 4.78 is 12.8. The minimum Gasteiger partial charge on any atom is -0.380 e. The van der Waals surface area contributed by atoms with Crippen molar-refractivity contribution >= 4 is 28.6 Å². The maximum absolute atomic E-state index is 5.56. The molecular formula is C20H29N9O2. The Morgan fingerprint density at radius 3 is 2.97 bits per heavy atom. The van der Waals surface area contributed by atoms with Gasteiger partial charge in [0.15, 0.2) is 5.82 Å². The van der Waals surface area contributed by atoms with E-state index in [1.54, 1.807) is 19.4 Å². The summed E-state index contributed by atoms with van der Waals surface area (Å²) in [5, 5.41) is 11.6. The second-order valence-corrected chi connectivity index (χ2v) is 7.39. The van der Waals surface area contributed by atoms with Gasteiger partial charge in [-0.2, -0.15) is 10.1 Å². The van der Waals surface area contributed by atoms with Crippen molar-refractivity contribution in [2.45, 2.75) is 33.0 Å². The molecule has 0 radical (unpaired) electrons. The van der Waals surface area contributed by atoms with Crippen molar-refractivity contribution in [3.8, 4) is 0 Å². The Kier molecular flexibility index (Phi) is 6.85. The lowest BCUT2D eigenvalue weighted by Crippen LogP contribution is -2.49. The summed E-state index contributed by atoms with van der Waals surface area (Å²) in [6, 6.07) is 2.16. The molecule has 3 aromatic heterocycles. The number of nitrogens with zero attached hydrogens (tertiary/aromatic N) is 7. The number of aromatic nitrogens is 6. The van der Waals surface area contributed by atoms with Gasteiger partial charge < -0.3 is 25.0 Å². The van der Waals surface area contributed by atoms with Crippen LogP contribution < -0.4 is 15.5 Å². The van der Waals surface area contributed by atoms with E-state index in [0.29, 0.717) is 50.0 Å². The SMILES string of the molecule is CCOCCn1nc(COC)c2nc(N3CCN[C@H](C)C3)nc(Nc3ccncn3)c21. The third-order valence-corrected chi connectivity index (χ3v) is 5.06. The molecule has 3 aromatic rings. The van der Waals surface area contributed by atoms with Crippen LogP contribution in [0.3, 0.4) is 0 Å². The van der Waals surface area contributed by atoms with Gasteiger partial charge in [-0.1, -0.05) is 0 Å². The first-order chi connectivity index (χ1) is 15.2. The normalized spacial score (nSPS) is 16.7. The van der Waals surface area contributed by atoms with Crippen LogP contribution in [0.2, 0.25) is 0 Å². The van der Waals surface area contributed by atoms with Crippen LogP contribution in [0, 0.1) is 0 Å². The van der Waals surface area contributed by atoms with Gasteiger partial charge in [-0.05, 0) is 19.9 Å². The molecule has 1 atom stereocenters. The fourth-order valence-electron chi connectivity index (χ4n) is 3.65. The molecule has 1 aliphatic heterocycles. The summed E-state index contributed by atoms with van der Waals surface area (Å²) >= 11 is 0. The Hall–Kier alpha value is -2.89. The molecule has 1 aliphatic rings. The van der Waals surface area contributed by atoms with E-state index in [9.17, 15) is 0 Å². The number of nitrogens with one attached hydrogen (secondary N) is 2. The molecule has 1 saturated heterocycles. The first-order valence-corrected chi connectivity index (χ1v) is 10.5. The highest BCUT2D eigenvalue weighted by Gasteiger charge is 2.24. The van der Waals surface area contributed by atoms with E-state index >= 15 is 0 Å².